The first kappa shape index (κ1) is 20.7. The van der Waals surface area contributed by atoms with E-state index in [1.807, 2.05) is 18.3 Å². The van der Waals surface area contributed by atoms with E-state index < -0.39 is 24.3 Å². The Hall–Kier alpha value is -3.99. The Morgan fingerprint density at radius 3 is 2.57 bits per heavy atom. The first-order chi connectivity index (χ1) is 14.6. The van der Waals surface area contributed by atoms with Crippen molar-refractivity contribution in [3.63, 3.8) is 0 Å². The van der Waals surface area contributed by atoms with Crippen LogP contribution in [0, 0.1) is 17.1 Å². The number of esters is 1. The number of rotatable bonds is 8. The summed E-state index contributed by atoms with van der Waals surface area (Å²) in [6.45, 7) is 0.000876. The van der Waals surface area contributed by atoms with Crippen LogP contribution in [0.15, 0.2) is 67.0 Å². The van der Waals surface area contributed by atoms with Crippen molar-refractivity contribution in [3.8, 4) is 6.07 Å². The van der Waals surface area contributed by atoms with Gasteiger partial charge in [0, 0.05) is 18.9 Å². The average Bonchev–Trinajstić information content (AvgIpc) is 3.27. The number of hydrogen-bond acceptors (Lipinski definition) is 5. The number of aromatic nitrogens is 2. The molecule has 1 amide bonds. The van der Waals surface area contributed by atoms with Gasteiger partial charge in [0.25, 0.3) is 5.91 Å². The number of carbonyl (C=O) groups excluding carboxylic acids is 2. The van der Waals surface area contributed by atoms with Gasteiger partial charge in [0.05, 0.1) is 30.3 Å². The summed E-state index contributed by atoms with van der Waals surface area (Å²) in [5.41, 5.74) is 1.28. The van der Waals surface area contributed by atoms with E-state index in [1.54, 1.807) is 41.2 Å². The first-order valence-corrected chi connectivity index (χ1v) is 9.24. The van der Waals surface area contributed by atoms with Crippen LogP contribution in [0.5, 0.6) is 0 Å². The number of anilines is 1. The van der Waals surface area contributed by atoms with E-state index in [1.165, 1.54) is 18.2 Å². The highest BCUT2D eigenvalue weighted by atomic mass is 19.1. The van der Waals surface area contributed by atoms with E-state index >= 15 is 0 Å². The molecule has 0 radical (unpaired) electrons. The molecule has 7 nitrogen and oxygen atoms in total. The Morgan fingerprint density at radius 1 is 1.13 bits per heavy atom. The predicted molar refractivity (Wildman–Crippen MR) is 107 cm³/mol. The second-order valence-electron chi connectivity index (χ2n) is 6.38. The van der Waals surface area contributed by atoms with Crippen molar-refractivity contribution in [2.75, 3.05) is 18.1 Å². The highest BCUT2D eigenvalue weighted by Crippen LogP contribution is 2.19. The highest BCUT2D eigenvalue weighted by Gasteiger charge is 2.20. The summed E-state index contributed by atoms with van der Waals surface area (Å²) in [4.78, 5) is 25.9. The van der Waals surface area contributed by atoms with E-state index in [9.17, 15) is 14.0 Å². The van der Waals surface area contributed by atoms with Crippen LogP contribution in [0.1, 0.15) is 22.3 Å². The molecule has 152 valence electrons. The van der Waals surface area contributed by atoms with E-state index in [-0.39, 0.29) is 18.7 Å². The van der Waals surface area contributed by atoms with Crippen molar-refractivity contribution in [2.45, 2.75) is 13.0 Å². The highest BCUT2D eigenvalue weighted by molar-refractivity contribution is 5.97. The summed E-state index contributed by atoms with van der Waals surface area (Å²) in [7, 11) is 0. The predicted octanol–water partition coefficient (Wildman–Crippen LogP) is 3.17. The van der Waals surface area contributed by atoms with Crippen LogP contribution in [-0.4, -0.2) is 34.8 Å². The van der Waals surface area contributed by atoms with Gasteiger partial charge in [0.1, 0.15) is 5.82 Å². The average molecular weight is 406 g/mol. The number of hydrogen-bond donors (Lipinski definition) is 0. The summed E-state index contributed by atoms with van der Waals surface area (Å²) < 4.78 is 20.9. The van der Waals surface area contributed by atoms with Gasteiger partial charge in [-0.25, -0.2) is 9.18 Å². The van der Waals surface area contributed by atoms with Gasteiger partial charge in [-0.15, -0.1) is 0 Å². The monoisotopic (exact) mass is 406 g/mol. The lowest BCUT2D eigenvalue weighted by Crippen LogP contribution is -2.36. The number of halogens is 1. The number of benzene rings is 2. The zero-order chi connectivity index (χ0) is 21.3. The second kappa shape index (κ2) is 9.98. The Kier molecular flexibility index (Phi) is 6.90. The molecule has 0 unspecified atom stereocenters. The molecule has 2 aromatic carbocycles. The van der Waals surface area contributed by atoms with Gasteiger partial charge in [-0.05, 0) is 35.9 Å². The van der Waals surface area contributed by atoms with Crippen LogP contribution in [0.25, 0.3) is 0 Å². The Bertz CT molecular complexity index is 1040. The molecule has 1 heterocycles. The SMILES string of the molecule is N#CCCN(C(=O)COC(=O)c1ccc(Cn2cccn2)cc1)c1ccccc1F. The quantitative estimate of drug-likeness (QED) is 0.536. The van der Waals surface area contributed by atoms with Crippen molar-refractivity contribution in [1.82, 2.24) is 9.78 Å². The molecule has 0 aliphatic carbocycles. The van der Waals surface area contributed by atoms with Crippen molar-refractivity contribution in [1.29, 1.82) is 5.26 Å². The minimum atomic E-state index is -0.664. The summed E-state index contributed by atoms with van der Waals surface area (Å²) in [5, 5.41) is 12.9. The fraction of sp³-hybridized carbons (Fsp3) is 0.182. The minimum absolute atomic E-state index is 0.00403. The third-order valence-electron chi connectivity index (χ3n) is 4.31. The molecule has 0 atom stereocenters. The fourth-order valence-corrected chi connectivity index (χ4v) is 2.83. The Labute approximate surface area is 172 Å². The lowest BCUT2D eigenvalue weighted by Gasteiger charge is -2.22. The van der Waals surface area contributed by atoms with E-state index in [0.29, 0.717) is 12.1 Å². The largest absolute Gasteiger partial charge is 0.452 e. The zero-order valence-electron chi connectivity index (χ0n) is 16.1. The van der Waals surface area contributed by atoms with Crippen LogP contribution >= 0.6 is 0 Å². The van der Waals surface area contributed by atoms with Gasteiger partial charge in [-0.2, -0.15) is 10.4 Å². The molecule has 3 rings (SSSR count). The number of carbonyl (C=O) groups is 2. The van der Waals surface area contributed by atoms with Crippen molar-refractivity contribution >= 4 is 17.6 Å². The molecule has 0 N–H and O–H groups in total. The molecular formula is C22H19FN4O3. The maximum atomic E-state index is 14.1. The molecule has 0 saturated carbocycles. The molecule has 3 aromatic rings. The number of para-hydroxylation sites is 1. The molecule has 0 saturated heterocycles. The van der Waals surface area contributed by atoms with Gasteiger partial charge >= 0.3 is 5.97 Å². The van der Waals surface area contributed by atoms with Gasteiger partial charge in [-0.3, -0.25) is 9.48 Å². The van der Waals surface area contributed by atoms with Gasteiger partial charge < -0.3 is 9.64 Å². The van der Waals surface area contributed by atoms with Crippen LogP contribution < -0.4 is 4.90 Å². The number of amides is 1. The molecule has 0 aliphatic heterocycles. The van der Waals surface area contributed by atoms with Crippen molar-refractivity contribution in [3.05, 3.63) is 83.9 Å². The zero-order valence-corrected chi connectivity index (χ0v) is 16.1. The van der Waals surface area contributed by atoms with Gasteiger partial charge in [0.15, 0.2) is 6.61 Å². The summed E-state index contributed by atoms with van der Waals surface area (Å²) in [5.74, 6) is -1.87. The normalized spacial score (nSPS) is 10.3. The lowest BCUT2D eigenvalue weighted by atomic mass is 10.1. The second-order valence-corrected chi connectivity index (χ2v) is 6.38. The molecule has 0 fully saturated rings. The molecule has 1 aromatic heterocycles. The molecule has 0 aliphatic rings. The third-order valence-corrected chi connectivity index (χ3v) is 4.31. The van der Waals surface area contributed by atoms with E-state index in [0.717, 1.165) is 10.5 Å². The van der Waals surface area contributed by atoms with Crippen LogP contribution in [-0.2, 0) is 16.1 Å². The number of nitriles is 1. The molecule has 0 bridgehead atoms. The molecular weight excluding hydrogens is 387 g/mol. The summed E-state index contributed by atoms with van der Waals surface area (Å²) in [6, 6.07) is 16.3. The van der Waals surface area contributed by atoms with Crippen molar-refractivity contribution in [2.24, 2.45) is 0 Å². The summed E-state index contributed by atoms with van der Waals surface area (Å²) in [6.07, 6.45) is 3.54. The smallest absolute Gasteiger partial charge is 0.338 e. The van der Waals surface area contributed by atoms with Gasteiger partial charge in [0.2, 0.25) is 0 Å². The minimum Gasteiger partial charge on any atom is -0.452 e. The number of nitrogens with zero attached hydrogens (tertiary/aromatic N) is 4. The van der Waals surface area contributed by atoms with Crippen LogP contribution in [0.3, 0.4) is 0 Å². The summed E-state index contributed by atoms with van der Waals surface area (Å²) >= 11 is 0. The Balaban J connectivity index is 1.61. The maximum absolute atomic E-state index is 14.1. The number of ether oxygens (including phenoxy) is 1. The third kappa shape index (κ3) is 5.29. The van der Waals surface area contributed by atoms with Crippen LogP contribution in [0.4, 0.5) is 10.1 Å². The topological polar surface area (TPSA) is 88.2 Å². The molecule has 0 spiro atoms. The van der Waals surface area contributed by atoms with E-state index in [2.05, 4.69) is 5.10 Å². The van der Waals surface area contributed by atoms with E-state index in [4.69, 9.17) is 10.00 Å². The van der Waals surface area contributed by atoms with Crippen LogP contribution in [0.2, 0.25) is 0 Å². The van der Waals surface area contributed by atoms with Gasteiger partial charge in [-0.1, -0.05) is 24.3 Å². The maximum Gasteiger partial charge on any atom is 0.338 e. The standard InChI is InChI=1S/C22H19FN4O3/c23-19-5-1-2-6-20(19)27(14-3-11-24)21(28)16-30-22(29)18-9-7-17(8-10-18)15-26-13-4-12-25-26/h1-2,4-10,12-13H,3,14-16H2. The fourth-order valence-electron chi connectivity index (χ4n) is 2.83. The Morgan fingerprint density at radius 2 is 1.90 bits per heavy atom. The lowest BCUT2D eigenvalue weighted by molar-refractivity contribution is -0.121. The molecule has 8 heteroatoms. The molecule has 30 heavy (non-hydrogen) atoms. The first-order valence-electron chi connectivity index (χ1n) is 9.24. The van der Waals surface area contributed by atoms with Crippen molar-refractivity contribution < 1.29 is 18.7 Å².